The van der Waals surface area contributed by atoms with Crippen molar-refractivity contribution in [3.05, 3.63) is 57.5 Å². The average molecular weight is 412 g/mol. The minimum atomic E-state index is -0.211. The van der Waals surface area contributed by atoms with Gasteiger partial charge in [0.15, 0.2) is 0 Å². The molecule has 6 heteroatoms. The van der Waals surface area contributed by atoms with Crippen molar-refractivity contribution in [3.8, 4) is 5.75 Å². The van der Waals surface area contributed by atoms with E-state index in [-0.39, 0.29) is 6.03 Å². The van der Waals surface area contributed by atoms with Gasteiger partial charge in [-0.1, -0.05) is 52.7 Å². The van der Waals surface area contributed by atoms with Crippen LogP contribution in [0.2, 0.25) is 5.02 Å². The molecule has 0 spiro atoms. The van der Waals surface area contributed by atoms with Crippen LogP contribution in [0, 0.1) is 0 Å². The van der Waals surface area contributed by atoms with Gasteiger partial charge in [-0.3, -0.25) is 0 Å². The lowest BCUT2D eigenvalue weighted by atomic mass is 10.1. The fraction of sp³-hybridized carbons (Fsp3) is 0.278. The molecule has 2 aromatic carbocycles. The van der Waals surface area contributed by atoms with Crippen LogP contribution in [-0.4, -0.2) is 19.2 Å². The van der Waals surface area contributed by atoms with E-state index in [0.717, 1.165) is 22.1 Å². The van der Waals surface area contributed by atoms with E-state index >= 15 is 0 Å². The fourth-order valence-electron chi connectivity index (χ4n) is 2.17. The molecule has 24 heavy (non-hydrogen) atoms. The monoisotopic (exact) mass is 410 g/mol. The van der Waals surface area contributed by atoms with Crippen LogP contribution in [0.1, 0.15) is 18.9 Å². The molecule has 2 rings (SSSR count). The number of benzene rings is 2. The average Bonchev–Trinajstić information content (AvgIpc) is 2.57. The van der Waals surface area contributed by atoms with Gasteiger partial charge in [0.1, 0.15) is 5.75 Å². The Morgan fingerprint density at radius 2 is 2.04 bits per heavy atom. The summed E-state index contributed by atoms with van der Waals surface area (Å²) in [4.78, 5) is 11.9. The molecule has 0 saturated carbocycles. The van der Waals surface area contributed by atoms with Gasteiger partial charge in [0, 0.05) is 16.7 Å². The van der Waals surface area contributed by atoms with E-state index in [0.29, 0.717) is 30.3 Å². The summed E-state index contributed by atoms with van der Waals surface area (Å²) in [5, 5.41) is 6.25. The Kier molecular flexibility index (Phi) is 7.40. The van der Waals surface area contributed by atoms with Gasteiger partial charge in [-0.2, -0.15) is 0 Å². The van der Waals surface area contributed by atoms with E-state index in [1.165, 1.54) is 0 Å². The van der Waals surface area contributed by atoms with E-state index < -0.39 is 0 Å². The number of nitrogens with one attached hydrogen (secondary N) is 2. The molecule has 2 N–H and O–H groups in total. The number of urea groups is 1. The molecule has 0 saturated heterocycles. The van der Waals surface area contributed by atoms with E-state index in [2.05, 4.69) is 33.5 Å². The summed E-state index contributed by atoms with van der Waals surface area (Å²) in [6.07, 6.45) is 1.56. The van der Waals surface area contributed by atoms with Crippen LogP contribution >= 0.6 is 27.5 Å². The molecule has 0 atom stereocenters. The van der Waals surface area contributed by atoms with Crippen LogP contribution in [0.5, 0.6) is 5.75 Å². The van der Waals surface area contributed by atoms with Crippen molar-refractivity contribution < 1.29 is 9.53 Å². The maximum atomic E-state index is 11.9. The SMILES string of the molecule is CCc1ccccc1NC(=O)NCCCOc1ccc(Br)cc1Cl. The quantitative estimate of drug-likeness (QED) is 0.611. The first kappa shape index (κ1) is 18.6. The number of carbonyl (C=O) groups excluding carboxylic acids is 1. The maximum absolute atomic E-state index is 11.9. The summed E-state index contributed by atoms with van der Waals surface area (Å²) in [5.74, 6) is 0.640. The molecule has 128 valence electrons. The molecule has 0 aliphatic rings. The highest BCUT2D eigenvalue weighted by Crippen LogP contribution is 2.27. The molecule has 0 aromatic heterocycles. The van der Waals surface area contributed by atoms with Crippen LogP contribution in [0.3, 0.4) is 0 Å². The lowest BCUT2D eigenvalue weighted by Crippen LogP contribution is -2.30. The molecule has 2 aromatic rings. The fourth-order valence-corrected chi connectivity index (χ4v) is 2.89. The molecule has 4 nitrogen and oxygen atoms in total. The Balaban J connectivity index is 1.69. The van der Waals surface area contributed by atoms with Gasteiger partial charge in [0.05, 0.1) is 11.6 Å². The summed E-state index contributed by atoms with van der Waals surface area (Å²) in [7, 11) is 0. The van der Waals surface area contributed by atoms with Crippen molar-refractivity contribution in [2.75, 3.05) is 18.5 Å². The van der Waals surface area contributed by atoms with Crippen LogP contribution in [0.25, 0.3) is 0 Å². The Morgan fingerprint density at radius 1 is 1.25 bits per heavy atom. The smallest absolute Gasteiger partial charge is 0.319 e. The van der Waals surface area contributed by atoms with Crippen molar-refractivity contribution in [2.45, 2.75) is 19.8 Å². The predicted molar refractivity (Wildman–Crippen MR) is 102 cm³/mol. The molecule has 0 heterocycles. The third-order valence-electron chi connectivity index (χ3n) is 3.40. The van der Waals surface area contributed by atoms with Crippen LogP contribution in [0.4, 0.5) is 10.5 Å². The zero-order valence-corrected chi connectivity index (χ0v) is 15.8. The summed E-state index contributed by atoms with van der Waals surface area (Å²) in [5.41, 5.74) is 1.95. The zero-order chi connectivity index (χ0) is 17.4. The number of amides is 2. The third-order valence-corrected chi connectivity index (χ3v) is 4.19. The summed E-state index contributed by atoms with van der Waals surface area (Å²) in [6.45, 7) is 3.06. The van der Waals surface area contributed by atoms with Gasteiger partial charge in [-0.15, -0.1) is 0 Å². The molecule has 0 bridgehead atoms. The highest BCUT2D eigenvalue weighted by Gasteiger charge is 2.05. The standard InChI is InChI=1S/C18H20BrClN2O2/c1-2-13-6-3-4-7-16(13)22-18(23)21-10-5-11-24-17-9-8-14(19)12-15(17)20/h3-4,6-9,12H,2,5,10-11H2,1H3,(H2,21,22,23). The summed E-state index contributed by atoms with van der Waals surface area (Å²) in [6, 6.07) is 13.0. The minimum Gasteiger partial charge on any atom is -0.492 e. The van der Waals surface area contributed by atoms with Crippen LogP contribution in [0.15, 0.2) is 46.9 Å². The number of ether oxygens (including phenoxy) is 1. The maximum Gasteiger partial charge on any atom is 0.319 e. The predicted octanol–water partition coefficient (Wildman–Crippen LogP) is 5.26. The molecule has 0 aliphatic heterocycles. The largest absolute Gasteiger partial charge is 0.492 e. The van der Waals surface area contributed by atoms with Gasteiger partial charge in [0.25, 0.3) is 0 Å². The van der Waals surface area contributed by atoms with Crippen LogP contribution in [-0.2, 0) is 6.42 Å². The highest BCUT2D eigenvalue weighted by molar-refractivity contribution is 9.10. The molecule has 0 radical (unpaired) electrons. The summed E-state index contributed by atoms with van der Waals surface area (Å²) < 4.78 is 6.51. The van der Waals surface area contributed by atoms with Crippen molar-refractivity contribution >= 4 is 39.2 Å². The lowest BCUT2D eigenvalue weighted by molar-refractivity contribution is 0.250. The van der Waals surface area contributed by atoms with Gasteiger partial charge in [0.2, 0.25) is 0 Å². The molecule has 0 fully saturated rings. The minimum absolute atomic E-state index is 0.211. The number of para-hydroxylation sites is 1. The Labute approximate surface area is 155 Å². The molecular formula is C18H20BrClN2O2. The van der Waals surface area contributed by atoms with Gasteiger partial charge < -0.3 is 15.4 Å². The number of hydrogen-bond donors (Lipinski definition) is 2. The number of halogens is 2. The van der Waals surface area contributed by atoms with Crippen molar-refractivity contribution in [1.82, 2.24) is 5.32 Å². The number of aryl methyl sites for hydroxylation is 1. The zero-order valence-electron chi connectivity index (χ0n) is 13.4. The van der Waals surface area contributed by atoms with Crippen molar-refractivity contribution in [3.63, 3.8) is 0 Å². The molecule has 0 aliphatic carbocycles. The second kappa shape index (κ2) is 9.55. The normalized spacial score (nSPS) is 10.3. The molecule has 0 unspecified atom stereocenters. The van der Waals surface area contributed by atoms with Gasteiger partial charge >= 0.3 is 6.03 Å². The first-order valence-electron chi connectivity index (χ1n) is 7.80. The van der Waals surface area contributed by atoms with Crippen molar-refractivity contribution in [2.24, 2.45) is 0 Å². The number of hydrogen-bond acceptors (Lipinski definition) is 2. The third kappa shape index (κ3) is 5.73. The van der Waals surface area contributed by atoms with E-state index in [4.69, 9.17) is 16.3 Å². The second-order valence-electron chi connectivity index (χ2n) is 5.17. The lowest BCUT2D eigenvalue weighted by Gasteiger charge is -2.11. The van der Waals surface area contributed by atoms with E-state index in [9.17, 15) is 4.79 Å². The highest BCUT2D eigenvalue weighted by atomic mass is 79.9. The number of anilines is 1. The Bertz CT molecular complexity index is 694. The topological polar surface area (TPSA) is 50.4 Å². The van der Waals surface area contributed by atoms with Crippen molar-refractivity contribution in [1.29, 1.82) is 0 Å². The summed E-state index contributed by atoms with van der Waals surface area (Å²) >= 11 is 9.42. The molecule has 2 amide bonds. The van der Waals surface area contributed by atoms with Gasteiger partial charge in [-0.25, -0.2) is 4.79 Å². The first-order valence-corrected chi connectivity index (χ1v) is 8.98. The van der Waals surface area contributed by atoms with E-state index in [1.54, 1.807) is 6.07 Å². The first-order chi connectivity index (χ1) is 11.6. The van der Waals surface area contributed by atoms with E-state index in [1.807, 2.05) is 36.4 Å². The Hall–Kier alpha value is -1.72. The Morgan fingerprint density at radius 3 is 2.79 bits per heavy atom. The number of rotatable bonds is 7. The van der Waals surface area contributed by atoms with Crippen LogP contribution < -0.4 is 15.4 Å². The van der Waals surface area contributed by atoms with Gasteiger partial charge in [-0.05, 0) is 42.7 Å². The second-order valence-corrected chi connectivity index (χ2v) is 6.49. The number of carbonyl (C=O) groups is 1. The molecular weight excluding hydrogens is 392 g/mol.